The number of nitrogen functional groups attached to an aromatic ring is 1. The summed E-state index contributed by atoms with van der Waals surface area (Å²) in [5.74, 6) is -2.27. The molecule has 12 heteroatoms. The van der Waals surface area contributed by atoms with E-state index in [9.17, 15) is 24.4 Å². The number of anilines is 1. The van der Waals surface area contributed by atoms with Gasteiger partial charge in [-0.1, -0.05) is 91.0 Å². The molecular weight excluding hydrogens is 592 g/mol. The Labute approximate surface area is 263 Å². The van der Waals surface area contributed by atoms with Crippen molar-refractivity contribution in [3.63, 3.8) is 0 Å². The fraction of sp³-hybridized carbons (Fsp3) is 0.235. The van der Waals surface area contributed by atoms with Gasteiger partial charge in [-0.3, -0.25) is 19.0 Å². The van der Waals surface area contributed by atoms with E-state index in [2.05, 4.69) is 4.98 Å². The molecule has 4 atom stereocenters. The summed E-state index contributed by atoms with van der Waals surface area (Å²) in [4.78, 5) is 56.1. The van der Waals surface area contributed by atoms with Crippen molar-refractivity contribution < 1.29 is 33.3 Å². The molecule has 12 nitrogen and oxygen atoms in total. The van der Waals surface area contributed by atoms with Gasteiger partial charge in [0.1, 0.15) is 24.6 Å². The van der Waals surface area contributed by atoms with Crippen LogP contribution in [0.5, 0.6) is 0 Å². The number of rotatable bonds is 11. The van der Waals surface area contributed by atoms with Crippen LogP contribution in [0.2, 0.25) is 0 Å². The van der Waals surface area contributed by atoms with E-state index in [1.807, 2.05) is 12.1 Å². The van der Waals surface area contributed by atoms with E-state index in [-0.39, 0.29) is 25.1 Å². The minimum atomic E-state index is -2.38. The molecule has 46 heavy (non-hydrogen) atoms. The maximum absolute atomic E-state index is 13.3. The number of aromatic nitrogens is 2. The van der Waals surface area contributed by atoms with Crippen molar-refractivity contribution in [1.82, 2.24) is 9.55 Å². The lowest BCUT2D eigenvalue weighted by molar-refractivity contribution is -0.172. The van der Waals surface area contributed by atoms with Crippen molar-refractivity contribution >= 4 is 23.7 Å². The fourth-order valence-corrected chi connectivity index (χ4v) is 5.09. The Hall–Kier alpha value is -5.80. The Balaban J connectivity index is 1.49. The Bertz CT molecular complexity index is 1780. The molecular formula is C34H30N4O8. The number of esters is 3. The van der Waals surface area contributed by atoms with Crippen molar-refractivity contribution in [2.45, 2.75) is 43.3 Å². The quantitative estimate of drug-likeness (QED) is 0.192. The van der Waals surface area contributed by atoms with Crippen LogP contribution in [0, 0.1) is 11.3 Å². The van der Waals surface area contributed by atoms with E-state index in [1.165, 1.54) is 12.3 Å². The Morgan fingerprint density at radius 3 is 1.80 bits per heavy atom. The number of carbonyl (C=O) groups excluding carboxylic acids is 3. The highest BCUT2D eigenvalue weighted by Crippen LogP contribution is 2.39. The van der Waals surface area contributed by atoms with Gasteiger partial charge in [0.15, 0.2) is 6.10 Å². The molecule has 1 aromatic heterocycles. The lowest BCUT2D eigenvalue weighted by Gasteiger charge is -2.30. The number of hydrogen-bond acceptors (Lipinski definition) is 11. The first-order valence-electron chi connectivity index (χ1n) is 14.4. The Morgan fingerprint density at radius 2 is 1.30 bits per heavy atom. The Kier molecular flexibility index (Phi) is 9.84. The molecule has 1 fully saturated rings. The third-order valence-electron chi connectivity index (χ3n) is 7.23. The van der Waals surface area contributed by atoms with E-state index in [0.29, 0.717) is 16.7 Å². The minimum absolute atomic E-state index is 0.0632. The molecule has 2 heterocycles. The van der Waals surface area contributed by atoms with Gasteiger partial charge >= 0.3 is 23.6 Å². The lowest BCUT2D eigenvalue weighted by Crippen LogP contribution is -2.52. The van der Waals surface area contributed by atoms with Gasteiger partial charge in [-0.2, -0.15) is 10.2 Å². The first-order valence-corrected chi connectivity index (χ1v) is 14.4. The summed E-state index contributed by atoms with van der Waals surface area (Å²) >= 11 is 0. The van der Waals surface area contributed by atoms with Gasteiger partial charge in [0, 0.05) is 6.20 Å². The number of nitriles is 1. The summed E-state index contributed by atoms with van der Waals surface area (Å²) in [6.45, 7) is -0.498. The average Bonchev–Trinajstić information content (AvgIpc) is 3.33. The average molecular weight is 623 g/mol. The van der Waals surface area contributed by atoms with Crippen molar-refractivity contribution in [3.8, 4) is 6.07 Å². The molecule has 0 unspecified atom stereocenters. The molecule has 0 saturated carbocycles. The second kappa shape index (κ2) is 14.3. The van der Waals surface area contributed by atoms with Crippen LogP contribution >= 0.6 is 0 Å². The molecule has 234 valence electrons. The highest BCUT2D eigenvalue weighted by atomic mass is 16.7. The van der Waals surface area contributed by atoms with Crippen LogP contribution in [0.15, 0.2) is 108 Å². The maximum Gasteiger partial charge on any atom is 0.352 e. The van der Waals surface area contributed by atoms with Gasteiger partial charge in [0.25, 0.3) is 5.72 Å². The van der Waals surface area contributed by atoms with Gasteiger partial charge in [0.2, 0.25) is 6.10 Å². The summed E-state index contributed by atoms with van der Waals surface area (Å²) in [6.07, 6.45) is -3.76. The summed E-state index contributed by atoms with van der Waals surface area (Å²) in [6, 6.07) is 29.5. The summed E-state index contributed by atoms with van der Waals surface area (Å²) in [7, 11) is 0. The van der Waals surface area contributed by atoms with Crippen LogP contribution in [-0.4, -0.2) is 52.4 Å². The number of benzene rings is 3. The summed E-state index contributed by atoms with van der Waals surface area (Å²) < 4.78 is 24.1. The zero-order valence-corrected chi connectivity index (χ0v) is 24.6. The molecule has 5 rings (SSSR count). The van der Waals surface area contributed by atoms with Crippen LogP contribution < -0.4 is 11.4 Å². The zero-order valence-electron chi connectivity index (χ0n) is 24.6. The van der Waals surface area contributed by atoms with Gasteiger partial charge in [-0.25, -0.2) is 4.79 Å². The molecule has 0 bridgehead atoms. The molecule has 0 spiro atoms. The van der Waals surface area contributed by atoms with Crippen LogP contribution in [0.3, 0.4) is 0 Å². The first kappa shape index (κ1) is 31.6. The first-order chi connectivity index (χ1) is 22.3. The van der Waals surface area contributed by atoms with Crippen LogP contribution in [-0.2, 0) is 58.3 Å². The number of nitrogens with two attached hydrogens (primary N) is 1. The summed E-state index contributed by atoms with van der Waals surface area (Å²) in [5.41, 5.74) is 4.28. The monoisotopic (exact) mass is 622 g/mol. The molecule has 0 radical (unpaired) electrons. The largest absolute Gasteiger partial charge is 0.463 e. The van der Waals surface area contributed by atoms with E-state index >= 15 is 0 Å². The van der Waals surface area contributed by atoms with Crippen LogP contribution in [0.4, 0.5) is 5.82 Å². The second-order valence-electron chi connectivity index (χ2n) is 10.5. The predicted molar refractivity (Wildman–Crippen MR) is 163 cm³/mol. The molecule has 1 aliphatic heterocycles. The van der Waals surface area contributed by atoms with Gasteiger partial charge in [0.05, 0.1) is 19.3 Å². The van der Waals surface area contributed by atoms with Crippen molar-refractivity contribution in [2.75, 3.05) is 12.3 Å². The zero-order chi connectivity index (χ0) is 32.5. The fourth-order valence-electron chi connectivity index (χ4n) is 5.09. The smallest absolute Gasteiger partial charge is 0.352 e. The molecule has 0 aliphatic carbocycles. The van der Waals surface area contributed by atoms with Gasteiger partial charge in [-0.15, -0.1) is 0 Å². The van der Waals surface area contributed by atoms with E-state index < -0.39 is 54.2 Å². The van der Waals surface area contributed by atoms with E-state index in [1.54, 1.807) is 84.9 Å². The van der Waals surface area contributed by atoms with Crippen molar-refractivity contribution in [3.05, 3.63) is 130 Å². The maximum atomic E-state index is 13.3. The number of nitrogens with zero attached hydrogens (tertiary/aromatic N) is 3. The number of ether oxygens (including phenoxy) is 4. The van der Waals surface area contributed by atoms with E-state index in [4.69, 9.17) is 24.7 Å². The highest BCUT2D eigenvalue weighted by molar-refractivity contribution is 5.74. The highest BCUT2D eigenvalue weighted by Gasteiger charge is 2.62. The summed E-state index contributed by atoms with van der Waals surface area (Å²) in [5, 5.41) is 10.6. The normalized spacial score (nSPS) is 20.3. The second-order valence-corrected chi connectivity index (χ2v) is 10.5. The number of carbonyl (C=O) groups is 3. The molecule has 1 saturated heterocycles. The van der Waals surface area contributed by atoms with Gasteiger partial charge in [-0.05, 0) is 22.8 Å². The minimum Gasteiger partial charge on any atom is -0.463 e. The number of hydrogen-bond donors (Lipinski definition) is 1. The van der Waals surface area contributed by atoms with Gasteiger partial charge < -0.3 is 24.7 Å². The van der Waals surface area contributed by atoms with Crippen LogP contribution in [0.1, 0.15) is 16.7 Å². The topological polar surface area (TPSA) is 173 Å². The Morgan fingerprint density at radius 1 is 0.804 bits per heavy atom. The standard InChI is InChI=1S/C34H30N4O8/c35-22-34(38-17-16-27(36)37-33(38)42)32(45-30(41)20-25-14-8-3-9-15-25)31(44-29(40)19-24-12-6-2-7-13-24)26(46-34)21-43-28(39)18-23-10-4-1-5-11-23/h1-17,26,31-32H,18-21H2,(H2,36,37,42)/t26-,31-,32-,34-/m1/s1. The van der Waals surface area contributed by atoms with Crippen molar-refractivity contribution in [2.24, 2.45) is 0 Å². The molecule has 2 N–H and O–H groups in total. The third-order valence-corrected chi connectivity index (χ3v) is 7.23. The molecule has 1 aliphatic rings. The third kappa shape index (κ3) is 7.46. The lowest BCUT2D eigenvalue weighted by atomic mass is 10.0. The van der Waals surface area contributed by atoms with Crippen molar-refractivity contribution in [1.29, 1.82) is 5.26 Å². The van der Waals surface area contributed by atoms with Crippen LogP contribution in [0.25, 0.3) is 0 Å². The molecule has 0 amide bonds. The SMILES string of the molecule is N#C[C@@]1(n2ccc(N)nc2=O)O[C@H](COC(=O)Cc2ccccc2)[C@@H](OC(=O)Cc2ccccc2)[C@H]1OC(=O)Cc1ccccc1. The van der Waals surface area contributed by atoms with E-state index in [0.717, 1.165) is 4.57 Å². The predicted octanol–water partition coefficient (Wildman–Crippen LogP) is 2.50. The molecule has 3 aromatic carbocycles. The molecule has 4 aromatic rings.